The minimum absolute atomic E-state index is 0.216. The van der Waals surface area contributed by atoms with Crippen LogP contribution in [0.15, 0.2) is 0 Å². The van der Waals surface area contributed by atoms with E-state index in [0.717, 1.165) is 32.1 Å². The van der Waals surface area contributed by atoms with Crippen LogP contribution in [0, 0.1) is 5.92 Å². The number of aliphatic carboxylic acids is 1. The van der Waals surface area contributed by atoms with E-state index in [1.807, 2.05) is 0 Å². The second-order valence-corrected chi connectivity index (χ2v) is 7.61. The lowest BCUT2D eigenvalue weighted by molar-refractivity contribution is -0.156. The number of carbonyl (C=O) groups excluding carboxylic acids is 2. The summed E-state index contributed by atoms with van der Waals surface area (Å²) in [6.45, 7) is 3.60. The maximum Gasteiger partial charge on any atom is 0.327 e. The Labute approximate surface area is 123 Å². The standard InChI is InChI=1S/C14H21NO4S/c1-14(2)15(10(8-20-14)13(18)19)12(17)11(16)9-6-4-3-5-7-9/h9-10H,3-8H2,1-2H3,(H,18,19)/t10-/m0/s1. The molecule has 1 heterocycles. The Hall–Kier alpha value is -1.04. The lowest BCUT2D eigenvalue weighted by Gasteiger charge is -2.33. The zero-order valence-electron chi connectivity index (χ0n) is 11.9. The number of hydrogen-bond acceptors (Lipinski definition) is 4. The smallest absolute Gasteiger partial charge is 0.327 e. The van der Waals surface area contributed by atoms with Crippen molar-refractivity contribution < 1.29 is 19.5 Å². The molecule has 1 amide bonds. The predicted octanol–water partition coefficient (Wildman–Crippen LogP) is 1.90. The van der Waals surface area contributed by atoms with Gasteiger partial charge in [-0.05, 0) is 26.7 Å². The monoisotopic (exact) mass is 299 g/mol. The van der Waals surface area contributed by atoms with Gasteiger partial charge in [0, 0.05) is 11.7 Å². The fourth-order valence-corrected chi connectivity index (χ4v) is 4.23. The summed E-state index contributed by atoms with van der Waals surface area (Å²) in [6, 6.07) is -0.893. The fraction of sp³-hybridized carbons (Fsp3) is 0.786. The maximum atomic E-state index is 12.5. The first-order chi connectivity index (χ1) is 9.34. The Balaban J connectivity index is 2.16. The Kier molecular flexibility index (Phi) is 4.42. The molecule has 1 aliphatic carbocycles. The molecule has 1 atom stereocenters. The lowest BCUT2D eigenvalue weighted by atomic mass is 9.85. The van der Waals surface area contributed by atoms with Gasteiger partial charge in [-0.3, -0.25) is 9.59 Å². The van der Waals surface area contributed by atoms with Crippen molar-refractivity contribution in [3.63, 3.8) is 0 Å². The molecule has 6 heteroatoms. The van der Waals surface area contributed by atoms with Crippen LogP contribution in [0.4, 0.5) is 0 Å². The van der Waals surface area contributed by atoms with E-state index < -0.39 is 28.6 Å². The van der Waals surface area contributed by atoms with Crippen LogP contribution in [0.5, 0.6) is 0 Å². The highest BCUT2D eigenvalue weighted by Crippen LogP contribution is 2.39. The summed E-state index contributed by atoms with van der Waals surface area (Å²) in [5.74, 6) is -1.92. The van der Waals surface area contributed by atoms with Crippen molar-refractivity contribution in [2.75, 3.05) is 5.75 Å². The van der Waals surface area contributed by atoms with E-state index in [1.165, 1.54) is 16.7 Å². The van der Waals surface area contributed by atoms with E-state index >= 15 is 0 Å². The molecule has 1 N–H and O–H groups in total. The molecule has 1 saturated carbocycles. The highest BCUT2D eigenvalue weighted by atomic mass is 32.2. The molecular weight excluding hydrogens is 278 g/mol. The Morgan fingerprint density at radius 3 is 2.30 bits per heavy atom. The van der Waals surface area contributed by atoms with E-state index in [0.29, 0.717) is 5.75 Å². The van der Waals surface area contributed by atoms with Gasteiger partial charge in [0.2, 0.25) is 5.78 Å². The highest BCUT2D eigenvalue weighted by molar-refractivity contribution is 8.00. The second-order valence-electron chi connectivity index (χ2n) is 5.99. The third kappa shape index (κ3) is 2.85. The van der Waals surface area contributed by atoms with Gasteiger partial charge in [-0.2, -0.15) is 0 Å². The van der Waals surface area contributed by atoms with Crippen molar-refractivity contribution in [1.29, 1.82) is 0 Å². The van der Waals surface area contributed by atoms with Gasteiger partial charge >= 0.3 is 5.97 Å². The highest BCUT2D eigenvalue weighted by Gasteiger charge is 2.49. The summed E-state index contributed by atoms with van der Waals surface area (Å²) in [6.07, 6.45) is 4.57. The van der Waals surface area contributed by atoms with Crippen molar-refractivity contribution in [2.45, 2.75) is 56.9 Å². The number of amides is 1. The van der Waals surface area contributed by atoms with Crippen LogP contribution in [0.2, 0.25) is 0 Å². The number of hydrogen-bond donors (Lipinski definition) is 1. The van der Waals surface area contributed by atoms with Gasteiger partial charge in [-0.15, -0.1) is 11.8 Å². The van der Waals surface area contributed by atoms with Gasteiger partial charge in [0.05, 0.1) is 4.87 Å². The molecule has 1 aliphatic heterocycles. The molecule has 2 aliphatic rings. The zero-order chi connectivity index (χ0) is 14.9. The number of rotatable bonds is 3. The van der Waals surface area contributed by atoms with E-state index in [4.69, 9.17) is 0 Å². The SMILES string of the molecule is CC1(C)SC[C@@H](C(=O)O)N1C(=O)C(=O)C1CCCCC1. The van der Waals surface area contributed by atoms with Gasteiger partial charge in [-0.25, -0.2) is 4.79 Å². The van der Waals surface area contributed by atoms with Crippen molar-refractivity contribution >= 4 is 29.4 Å². The fourth-order valence-electron chi connectivity index (χ4n) is 3.03. The molecule has 112 valence electrons. The number of carboxylic acids is 1. The van der Waals surface area contributed by atoms with E-state index in [9.17, 15) is 19.5 Å². The van der Waals surface area contributed by atoms with Gasteiger partial charge in [0.1, 0.15) is 6.04 Å². The molecule has 2 rings (SSSR count). The minimum atomic E-state index is -1.03. The summed E-state index contributed by atoms with van der Waals surface area (Å²) in [5, 5.41) is 9.24. The normalized spacial score (nSPS) is 26.5. The first kappa shape index (κ1) is 15.4. The van der Waals surface area contributed by atoms with Crippen LogP contribution < -0.4 is 0 Å². The van der Waals surface area contributed by atoms with E-state index in [1.54, 1.807) is 13.8 Å². The van der Waals surface area contributed by atoms with Crippen molar-refractivity contribution in [1.82, 2.24) is 4.90 Å². The van der Waals surface area contributed by atoms with Crippen molar-refractivity contribution in [3.8, 4) is 0 Å². The average Bonchev–Trinajstić information content (AvgIpc) is 2.74. The molecule has 0 aromatic rings. The molecule has 5 nitrogen and oxygen atoms in total. The number of ketones is 1. The maximum absolute atomic E-state index is 12.5. The van der Waals surface area contributed by atoms with Crippen molar-refractivity contribution in [3.05, 3.63) is 0 Å². The summed E-state index contributed by atoms with van der Waals surface area (Å²) in [7, 11) is 0. The van der Waals surface area contributed by atoms with Crippen LogP contribution in [-0.2, 0) is 14.4 Å². The third-order valence-electron chi connectivity index (χ3n) is 4.18. The molecule has 2 fully saturated rings. The Bertz CT molecular complexity index is 429. The predicted molar refractivity (Wildman–Crippen MR) is 76.4 cm³/mol. The molecule has 0 spiro atoms. The second kappa shape index (κ2) is 5.76. The molecule has 0 unspecified atom stereocenters. The number of carboxylic acid groups (broad SMARTS) is 1. The summed E-state index contributed by atoms with van der Waals surface area (Å²) < 4.78 is 0. The van der Waals surface area contributed by atoms with Crippen LogP contribution in [0.25, 0.3) is 0 Å². The molecule has 0 radical (unpaired) electrons. The molecule has 1 saturated heterocycles. The molecule has 0 bridgehead atoms. The minimum Gasteiger partial charge on any atom is -0.480 e. The topological polar surface area (TPSA) is 74.7 Å². The van der Waals surface area contributed by atoms with Gasteiger partial charge in [0.25, 0.3) is 5.91 Å². The molecule has 0 aromatic heterocycles. The largest absolute Gasteiger partial charge is 0.480 e. The number of Topliss-reactive ketones (excluding diaryl/α,β-unsaturated/α-hetero) is 1. The van der Waals surface area contributed by atoms with Crippen LogP contribution >= 0.6 is 11.8 Å². The van der Waals surface area contributed by atoms with Gasteiger partial charge in [0.15, 0.2) is 0 Å². The number of nitrogens with zero attached hydrogens (tertiary/aromatic N) is 1. The van der Waals surface area contributed by atoms with Crippen molar-refractivity contribution in [2.24, 2.45) is 5.92 Å². The summed E-state index contributed by atoms with van der Waals surface area (Å²) in [4.78, 5) is 36.7. The van der Waals surface area contributed by atoms with E-state index in [-0.39, 0.29) is 5.92 Å². The van der Waals surface area contributed by atoms with Gasteiger partial charge in [-0.1, -0.05) is 19.3 Å². The Morgan fingerprint density at radius 1 is 1.15 bits per heavy atom. The lowest BCUT2D eigenvalue weighted by Crippen LogP contribution is -2.53. The van der Waals surface area contributed by atoms with Crippen LogP contribution in [-0.4, -0.2) is 44.3 Å². The molecule has 0 aromatic carbocycles. The first-order valence-electron chi connectivity index (χ1n) is 7.09. The van der Waals surface area contributed by atoms with Crippen LogP contribution in [0.3, 0.4) is 0 Å². The summed E-state index contributed by atoms with van der Waals surface area (Å²) in [5.41, 5.74) is 0. The van der Waals surface area contributed by atoms with Crippen LogP contribution in [0.1, 0.15) is 46.0 Å². The van der Waals surface area contributed by atoms with E-state index in [2.05, 4.69) is 0 Å². The summed E-state index contributed by atoms with van der Waals surface area (Å²) >= 11 is 1.41. The first-order valence-corrected chi connectivity index (χ1v) is 8.07. The third-order valence-corrected chi connectivity index (χ3v) is 5.56. The number of carbonyl (C=O) groups is 3. The quantitative estimate of drug-likeness (QED) is 0.806. The average molecular weight is 299 g/mol. The number of thioether (sulfide) groups is 1. The zero-order valence-corrected chi connectivity index (χ0v) is 12.7. The molecular formula is C14H21NO4S. The Morgan fingerprint density at radius 2 is 1.75 bits per heavy atom. The van der Waals surface area contributed by atoms with Gasteiger partial charge < -0.3 is 10.0 Å². The molecule has 20 heavy (non-hydrogen) atoms.